The van der Waals surface area contributed by atoms with E-state index in [4.69, 9.17) is 0 Å². The zero-order chi connectivity index (χ0) is 27.5. The van der Waals surface area contributed by atoms with E-state index in [1.165, 1.54) is 0 Å². The van der Waals surface area contributed by atoms with E-state index < -0.39 is 16.1 Å². The molecule has 4 heteroatoms. The molecule has 3 nitrogen and oxygen atoms in total. The highest BCUT2D eigenvalue weighted by Crippen LogP contribution is 2.50. The van der Waals surface area contributed by atoms with E-state index in [1.54, 1.807) is 12.1 Å². The van der Waals surface area contributed by atoms with Crippen molar-refractivity contribution in [3.63, 3.8) is 0 Å². The maximum atomic E-state index is 13.9. The fourth-order valence-corrected chi connectivity index (χ4v) is 6.53. The SMILES string of the molecule is Cc1ccc(S(=O)(=O)N[C@H]2C(/C(=C/c3ccccc3)c3ccccc3)=C(c3ccccc3)c3ccccc32)cc1. The highest BCUT2D eigenvalue weighted by atomic mass is 32.2. The molecule has 1 aliphatic rings. The molecule has 40 heavy (non-hydrogen) atoms. The molecule has 0 amide bonds. The topological polar surface area (TPSA) is 46.2 Å². The van der Waals surface area contributed by atoms with E-state index in [-0.39, 0.29) is 4.90 Å². The fourth-order valence-electron chi connectivity index (χ4n) is 5.34. The first-order valence-corrected chi connectivity index (χ1v) is 14.8. The zero-order valence-corrected chi connectivity index (χ0v) is 23.0. The van der Waals surface area contributed by atoms with Gasteiger partial charge in [-0.1, -0.05) is 133 Å². The summed E-state index contributed by atoms with van der Waals surface area (Å²) in [6.07, 6.45) is 2.16. The summed E-state index contributed by atoms with van der Waals surface area (Å²) in [6, 6.07) is 45.1. The van der Waals surface area contributed by atoms with Crippen LogP contribution in [0.3, 0.4) is 0 Å². The van der Waals surface area contributed by atoms with Gasteiger partial charge in [-0.25, -0.2) is 8.42 Å². The van der Waals surface area contributed by atoms with Crippen LogP contribution >= 0.6 is 0 Å². The van der Waals surface area contributed by atoms with Crippen molar-refractivity contribution in [1.29, 1.82) is 0 Å². The minimum Gasteiger partial charge on any atom is -0.207 e. The summed E-state index contributed by atoms with van der Waals surface area (Å²) in [4.78, 5) is 0.247. The first-order chi connectivity index (χ1) is 19.5. The Kier molecular flexibility index (Phi) is 7.04. The summed E-state index contributed by atoms with van der Waals surface area (Å²) in [7, 11) is -3.84. The fraction of sp³-hybridized carbons (Fsp3) is 0.0556. The number of nitrogens with one attached hydrogen (secondary N) is 1. The van der Waals surface area contributed by atoms with Gasteiger partial charge in [0.05, 0.1) is 10.9 Å². The average Bonchev–Trinajstić information content (AvgIpc) is 3.30. The summed E-state index contributed by atoms with van der Waals surface area (Å²) >= 11 is 0. The Bertz CT molecular complexity index is 1810. The molecule has 0 radical (unpaired) electrons. The molecule has 0 unspecified atom stereocenters. The number of fused-ring (bicyclic) bond motifs is 1. The van der Waals surface area contributed by atoms with Gasteiger partial charge >= 0.3 is 0 Å². The number of hydrogen-bond donors (Lipinski definition) is 1. The Hall–Kier alpha value is -4.51. The standard InChI is InChI=1S/C36H29NO2S/c1-26-21-23-30(24-22-26)40(38,39)37-36-32-20-12-11-19-31(32)34(29-17-9-4-10-18-29)35(36)33(28-15-7-3-8-16-28)25-27-13-5-2-6-14-27/h2-25,36-37H,1H3/b33-25+/t36-/m1/s1. The van der Waals surface area contributed by atoms with Crippen molar-refractivity contribution in [2.75, 3.05) is 0 Å². The van der Waals surface area contributed by atoms with E-state index in [0.29, 0.717) is 0 Å². The molecule has 0 saturated heterocycles. The van der Waals surface area contributed by atoms with E-state index in [1.807, 2.05) is 91.9 Å². The summed E-state index contributed by atoms with van der Waals surface area (Å²) < 4.78 is 30.8. The van der Waals surface area contributed by atoms with Crippen LogP contribution in [0.2, 0.25) is 0 Å². The minimum atomic E-state index is -3.84. The van der Waals surface area contributed by atoms with Crippen LogP contribution in [-0.2, 0) is 10.0 Å². The van der Waals surface area contributed by atoms with Crippen molar-refractivity contribution in [2.45, 2.75) is 17.9 Å². The van der Waals surface area contributed by atoms with Gasteiger partial charge in [-0.3, -0.25) is 0 Å². The number of aryl methyl sites for hydroxylation is 1. The van der Waals surface area contributed by atoms with E-state index >= 15 is 0 Å². The molecule has 5 aromatic rings. The van der Waals surface area contributed by atoms with Crippen molar-refractivity contribution in [3.05, 3.63) is 178 Å². The largest absolute Gasteiger partial charge is 0.241 e. The third kappa shape index (κ3) is 5.07. The molecule has 0 bridgehead atoms. The van der Waals surface area contributed by atoms with Gasteiger partial charge in [0.1, 0.15) is 0 Å². The Balaban J connectivity index is 1.63. The number of rotatable bonds is 7. The van der Waals surface area contributed by atoms with Crippen LogP contribution < -0.4 is 4.72 Å². The Morgan fingerprint density at radius 1 is 0.675 bits per heavy atom. The normalized spacial score (nSPS) is 15.2. The first kappa shape index (κ1) is 25.8. The Labute approximate surface area is 236 Å². The average molecular weight is 540 g/mol. The molecule has 1 atom stereocenters. The van der Waals surface area contributed by atoms with Gasteiger partial charge in [-0.15, -0.1) is 0 Å². The lowest BCUT2D eigenvalue weighted by Gasteiger charge is -2.22. The van der Waals surface area contributed by atoms with Crippen LogP contribution in [0.5, 0.6) is 0 Å². The van der Waals surface area contributed by atoms with Gasteiger partial charge < -0.3 is 0 Å². The molecule has 0 saturated carbocycles. The van der Waals surface area contributed by atoms with Gasteiger partial charge in [0.15, 0.2) is 0 Å². The second-order valence-electron chi connectivity index (χ2n) is 9.94. The molecular formula is C36H29NO2S. The van der Waals surface area contributed by atoms with Crippen molar-refractivity contribution in [3.8, 4) is 0 Å². The predicted molar refractivity (Wildman–Crippen MR) is 164 cm³/mol. The van der Waals surface area contributed by atoms with Gasteiger partial charge in [-0.05, 0) is 69.7 Å². The number of hydrogen-bond acceptors (Lipinski definition) is 2. The molecule has 5 aromatic carbocycles. The highest BCUT2D eigenvalue weighted by Gasteiger charge is 2.37. The highest BCUT2D eigenvalue weighted by molar-refractivity contribution is 7.89. The van der Waals surface area contributed by atoms with Gasteiger partial charge in [0, 0.05) is 0 Å². The molecule has 196 valence electrons. The zero-order valence-electron chi connectivity index (χ0n) is 22.2. The Morgan fingerprint density at radius 3 is 1.93 bits per heavy atom. The predicted octanol–water partition coefficient (Wildman–Crippen LogP) is 8.07. The minimum absolute atomic E-state index is 0.247. The summed E-state index contributed by atoms with van der Waals surface area (Å²) in [5, 5.41) is 0. The summed E-state index contributed by atoms with van der Waals surface area (Å²) in [5.74, 6) is 0. The van der Waals surface area contributed by atoms with Crippen LogP contribution in [0.1, 0.15) is 39.4 Å². The van der Waals surface area contributed by atoms with Gasteiger partial charge in [0.25, 0.3) is 0 Å². The third-order valence-corrected chi connectivity index (χ3v) is 8.69. The van der Waals surface area contributed by atoms with Gasteiger partial charge in [-0.2, -0.15) is 4.72 Å². The second-order valence-corrected chi connectivity index (χ2v) is 11.7. The lowest BCUT2D eigenvalue weighted by Crippen LogP contribution is -2.29. The molecule has 0 heterocycles. The number of sulfonamides is 1. The molecule has 0 fully saturated rings. The smallest absolute Gasteiger partial charge is 0.207 e. The molecule has 0 aromatic heterocycles. The summed E-state index contributed by atoms with van der Waals surface area (Å²) in [5.41, 5.74) is 8.98. The van der Waals surface area contributed by atoms with Crippen LogP contribution in [0, 0.1) is 6.92 Å². The maximum absolute atomic E-state index is 13.9. The number of benzene rings is 5. The van der Waals surface area contributed by atoms with Crippen LogP contribution in [0.4, 0.5) is 0 Å². The third-order valence-electron chi connectivity index (χ3n) is 7.25. The quantitative estimate of drug-likeness (QED) is 0.213. The van der Waals surface area contributed by atoms with Crippen molar-refractivity contribution in [1.82, 2.24) is 4.72 Å². The van der Waals surface area contributed by atoms with E-state index in [2.05, 4.69) is 53.3 Å². The molecule has 1 aliphatic carbocycles. The van der Waals surface area contributed by atoms with Crippen LogP contribution in [-0.4, -0.2) is 8.42 Å². The molecule has 6 rings (SSSR count). The Morgan fingerprint density at radius 2 is 1.25 bits per heavy atom. The summed E-state index contributed by atoms with van der Waals surface area (Å²) in [6.45, 7) is 1.95. The molecular weight excluding hydrogens is 510 g/mol. The van der Waals surface area contributed by atoms with Gasteiger partial charge in [0.2, 0.25) is 10.0 Å². The van der Waals surface area contributed by atoms with Crippen LogP contribution in [0.25, 0.3) is 17.2 Å². The monoisotopic (exact) mass is 539 g/mol. The van der Waals surface area contributed by atoms with Crippen molar-refractivity contribution >= 4 is 27.2 Å². The van der Waals surface area contributed by atoms with E-state index in [9.17, 15) is 8.42 Å². The molecule has 1 N–H and O–H groups in total. The second kappa shape index (κ2) is 10.9. The maximum Gasteiger partial charge on any atom is 0.241 e. The van der Waals surface area contributed by atoms with E-state index in [0.717, 1.165) is 50.1 Å². The van der Waals surface area contributed by atoms with Crippen molar-refractivity contribution in [2.24, 2.45) is 0 Å². The molecule has 0 spiro atoms. The first-order valence-electron chi connectivity index (χ1n) is 13.3. The van der Waals surface area contributed by atoms with Crippen molar-refractivity contribution < 1.29 is 8.42 Å². The van der Waals surface area contributed by atoms with Crippen LogP contribution in [0.15, 0.2) is 150 Å². The molecule has 0 aliphatic heterocycles. The lowest BCUT2D eigenvalue weighted by molar-refractivity contribution is 0.573. The lowest BCUT2D eigenvalue weighted by atomic mass is 9.88.